The molecule has 3 aromatic rings. The van der Waals surface area contributed by atoms with Crippen molar-refractivity contribution >= 4 is 33.2 Å². The lowest BCUT2D eigenvalue weighted by atomic mass is 9.75. The van der Waals surface area contributed by atoms with Gasteiger partial charge in [0, 0.05) is 36.5 Å². The number of benzene rings is 1. The number of rotatable bonds is 8. The van der Waals surface area contributed by atoms with Gasteiger partial charge in [0.05, 0.1) is 26.7 Å². The van der Waals surface area contributed by atoms with Crippen molar-refractivity contribution in [3.63, 3.8) is 0 Å². The van der Waals surface area contributed by atoms with Gasteiger partial charge in [-0.25, -0.2) is 9.97 Å². The van der Waals surface area contributed by atoms with Crippen molar-refractivity contribution in [2.45, 2.75) is 45.6 Å². The highest BCUT2D eigenvalue weighted by atomic mass is 79.9. The number of anilines is 1. The third-order valence-electron chi connectivity index (χ3n) is 7.09. The van der Waals surface area contributed by atoms with Crippen LogP contribution in [0.5, 0.6) is 11.5 Å². The van der Waals surface area contributed by atoms with E-state index >= 15 is 0 Å². The maximum Gasteiger partial charge on any atom is 0.312 e. The molecule has 8 nitrogen and oxygen atoms in total. The number of aromatic nitrogens is 3. The summed E-state index contributed by atoms with van der Waals surface area (Å²) in [6.07, 6.45) is 6.09. The number of carbonyl (C=O) groups is 1. The Labute approximate surface area is 208 Å². The van der Waals surface area contributed by atoms with Gasteiger partial charge in [-0.3, -0.25) is 9.20 Å². The molecule has 0 amide bonds. The van der Waals surface area contributed by atoms with E-state index in [4.69, 9.17) is 19.2 Å². The summed E-state index contributed by atoms with van der Waals surface area (Å²) >= 11 is 3.64. The highest BCUT2D eigenvalue weighted by Crippen LogP contribution is 2.51. The van der Waals surface area contributed by atoms with Crippen molar-refractivity contribution in [3.8, 4) is 11.5 Å². The average Bonchev–Trinajstić information content (AvgIpc) is 3.45. The molecular weight excluding hydrogens is 500 g/mol. The summed E-state index contributed by atoms with van der Waals surface area (Å²) in [4.78, 5) is 22.1. The molecule has 0 bridgehead atoms. The van der Waals surface area contributed by atoms with E-state index in [1.165, 1.54) is 7.11 Å². The maximum atomic E-state index is 12.7. The van der Waals surface area contributed by atoms with Gasteiger partial charge in [-0.2, -0.15) is 0 Å². The van der Waals surface area contributed by atoms with Crippen molar-refractivity contribution in [1.82, 2.24) is 14.4 Å². The number of halogens is 1. The molecule has 0 radical (unpaired) electrons. The second-order valence-corrected chi connectivity index (χ2v) is 9.78. The highest BCUT2D eigenvalue weighted by molar-refractivity contribution is 9.10. The zero-order valence-electron chi connectivity index (χ0n) is 20.2. The lowest BCUT2D eigenvalue weighted by Crippen LogP contribution is -2.35. The van der Waals surface area contributed by atoms with Crippen LogP contribution in [0.2, 0.25) is 0 Å². The van der Waals surface area contributed by atoms with E-state index in [1.54, 1.807) is 20.4 Å². The highest BCUT2D eigenvalue weighted by Gasteiger charge is 2.49. The van der Waals surface area contributed by atoms with Crippen molar-refractivity contribution in [2.24, 2.45) is 11.3 Å². The summed E-state index contributed by atoms with van der Waals surface area (Å²) < 4.78 is 18.8. The van der Waals surface area contributed by atoms with Crippen molar-refractivity contribution in [2.75, 3.05) is 26.6 Å². The molecular formula is C25H31BrN4O4. The third-order valence-corrected chi connectivity index (χ3v) is 7.64. The fourth-order valence-corrected chi connectivity index (χ4v) is 5.62. The number of fused-ring (bicyclic) bond motifs is 1. The summed E-state index contributed by atoms with van der Waals surface area (Å²) in [5, 5.41) is 3.43. The number of methoxy groups -OCH3 is 3. The molecule has 1 fully saturated rings. The summed E-state index contributed by atoms with van der Waals surface area (Å²) in [5.41, 5.74) is 1.38. The van der Waals surface area contributed by atoms with Crippen molar-refractivity contribution in [1.29, 1.82) is 0 Å². The molecule has 1 aromatic carbocycles. The lowest BCUT2D eigenvalue weighted by Gasteiger charge is -2.30. The Kier molecular flexibility index (Phi) is 7.02. The standard InChI is InChI=1S/C25H31BrN4O4/c1-15(2)25(24(31)34-5)9-8-16(13-25)23-29-21(26)20-22(27-10-11-30(20)23)28-14-17-6-7-18(32-3)12-19(17)33-4/h6-7,10-12,15-16H,8-9,13-14H2,1-5H3,(H,27,28). The molecule has 4 rings (SSSR count). The number of esters is 1. The first-order valence-electron chi connectivity index (χ1n) is 11.4. The number of nitrogens with zero attached hydrogens (tertiary/aromatic N) is 3. The topological polar surface area (TPSA) is 87.0 Å². The fraction of sp³-hybridized carbons (Fsp3) is 0.480. The van der Waals surface area contributed by atoms with Gasteiger partial charge in [0.1, 0.15) is 27.4 Å². The van der Waals surface area contributed by atoms with Crippen molar-refractivity contribution < 1.29 is 19.0 Å². The zero-order valence-corrected chi connectivity index (χ0v) is 21.8. The van der Waals surface area contributed by atoms with Crippen molar-refractivity contribution in [3.05, 3.63) is 46.6 Å². The van der Waals surface area contributed by atoms with Crippen LogP contribution in [0.4, 0.5) is 5.82 Å². The molecule has 2 heterocycles. The van der Waals surface area contributed by atoms with Crippen LogP contribution in [0.3, 0.4) is 0 Å². The molecule has 2 atom stereocenters. The van der Waals surface area contributed by atoms with E-state index in [9.17, 15) is 4.79 Å². The van der Waals surface area contributed by atoms with Gasteiger partial charge in [0.15, 0.2) is 5.82 Å². The molecule has 1 aliphatic carbocycles. The molecule has 34 heavy (non-hydrogen) atoms. The molecule has 1 N–H and O–H groups in total. The number of ether oxygens (including phenoxy) is 3. The summed E-state index contributed by atoms with van der Waals surface area (Å²) in [5.74, 6) is 3.35. The molecule has 182 valence electrons. The van der Waals surface area contributed by atoms with Gasteiger partial charge < -0.3 is 19.5 Å². The molecule has 0 spiro atoms. The predicted molar refractivity (Wildman–Crippen MR) is 133 cm³/mol. The van der Waals surface area contributed by atoms with Gasteiger partial charge in [0.25, 0.3) is 0 Å². The molecule has 1 saturated carbocycles. The van der Waals surface area contributed by atoms with E-state index in [1.807, 2.05) is 24.4 Å². The maximum absolute atomic E-state index is 12.7. The Balaban J connectivity index is 1.62. The van der Waals surface area contributed by atoms with Gasteiger partial charge in [-0.15, -0.1) is 0 Å². The lowest BCUT2D eigenvalue weighted by molar-refractivity contribution is -0.155. The third kappa shape index (κ3) is 4.21. The van der Waals surface area contributed by atoms with Crippen LogP contribution in [-0.4, -0.2) is 41.7 Å². The first-order chi connectivity index (χ1) is 16.3. The molecule has 9 heteroatoms. The van der Waals surface area contributed by atoms with Gasteiger partial charge >= 0.3 is 5.97 Å². The van der Waals surface area contributed by atoms with E-state index < -0.39 is 5.41 Å². The van der Waals surface area contributed by atoms with Gasteiger partial charge in [-0.1, -0.05) is 13.8 Å². The smallest absolute Gasteiger partial charge is 0.312 e. The van der Waals surface area contributed by atoms with E-state index in [-0.39, 0.29) is 17.8 Å². The second kappa shape index (κ2) is 9.82. The Bertz CT molecular complexity index is 1200. The zero-order chi connectivity index (χ0) is 24.5. The minimum atomic E-state index is -0.475. The van der Waals surface area contributed by atoms with E-state index in [0.29, 0.717) is 12.4 Å². The number of carbonyl (C=O) groups excluding carboxylic acids is 1. The SMILES string of the molecule is COC(=O)C1(C(C)C)CCC(c2nc(Br)c3c(NCc4ccc(OC)cc4OC)nccn23)C1. The number of hydrogen-bond acceptors (Lipinski definition) is 7. The Morgan fingerprint density at radius 2 is 2.09 bits per heavy atom. The first-order valence-corrected chi connectivity index (χ1v) is 12.2. The number of nitrogens with one attached hydrogen (secondary N) is 1. The largest absolute Gasteiger partial charge is 0.497 e. The normalized spacial score (nSPS) is 20.0. The molecule has 1 aliphatic rings. The van der Waals surface area contributed by atoms with Crippen LogP contribution in [0, 0.1) is 11.3 Å². The quantitative estimate of drug-likeness (QED) is 0.400. The van der Waals surface area contributed by atoms with Crippen LogP contribution in [-0.2, 0) is 16.1 Å². The van der Waals surface area contributed by atoms with Gasteiger partial charge in [0.2, 0.25) is 0 Å². The summed E-state index contributed by atoms with van der Waals surface area (Å²) in [6.45, 7) is 4.71. The first kappa shape index (κ1) is 24.3. The Morgan fingerprint density at radius 1 is 1.29 bits per heavy atom. The second-order valence-electron chi connectivity index (χ2n) is 9.03. The molecule has 0 aliphatic heterocycles. The number of imidazole rings is 1. The monoisotopic (exact) mass is 530 g/mol. The van der Waals surface area contributed by atoms with Crippen LogP contribution in [0.15, 0.2) is 35.2 Å². The summed E-state index contributed by atoms with van der Waals surface area (Å²) in [7, 11) is 4.75. The fourth-order valence-electron chi connectivity index (χ4n) is 5.06. The van der Waals surface area contributed by atoms with E-state index in [2.05, 4.69) is 44.5 Å². The van der Waals surface area contributed by atoms with Gasteiger partial charge in [-0.05, 0) is 53.2 Å². The number of hydrogen-bond donors (Lipinski definition) is 1. The molecule has 2 aromatic heterocycles. The minimum absolute atomic E-state index is 0.123. The van der Waals surface area contributed by atoms with Crippen LogP contribution < -0.4 is 14.8 Å². The average molecular weight is 531 g/mol. The van der Waals surface area contributed by atoms with Crippen LogP contribution in [0.25, 0.3) is 5.52 Å². The van der Waals surface area contributed by atoms with Crippen LogP contribution >= 0.6 is 15.9 Å². The van der Waals surface area contributed by atoms with E-state index in [0.717, 1.165) is 52.3 Å². The minimum Gasteiger partial charge on any atom is -0.497 e. The van der Waals surface area contributed by atoms with Crippen LogP contribution in [0.1, 0.15) is 50.4 Å². The Hall–Kier alpha value is -2.81. The Morgan fingerprint density at radius 3 is 2.76 bits per heavy atom. The summed E-state index contributed by atoms with van der Waals surface area (Å²) in [6, 6.07) is 5.74. The molecule has 2 unspecified atom stereocenters. The predicted octanol–water partition coefficient (Wildman–Crippen LogP) is 5.20. The molecule has 0 saturated heterocycles.